The zero-order valence-corrected chi connectivity index (χ0v) is 20.4. The van der Waals surface area contributed by atoms with Gasteiger partial charge in [-0.15, -0.1) is 24.0 Å². The second-order valence-corrected chi connectivity index (χ2v) is 6.91. The van der Waals surface area contributed by atoms with E-state index in [2.05, 4.69) is 48.2 Å². The van der Waals surface area contributed by atoms with Crippen LogP contribution in [0.4, 0.5) is 0 Å². The van der Waals surface area contributed by atoms with Crippen LogP contribution in [0.2, 0.25) is 0 Å². The van der Waals surface area contributed by atoms with Gasteiger partial charge in [0.05, 0.1) is 0 Å². The van der Waals surface area contributed by atoms with E-state index in [1.54, 1.807) is 16.7 Å². The van der Waals surface area contributed by atoms with Gasteiger partial charge in [-0.1, -0.05) is 19.9 Å². The molecule has 1 unspecified atom stereocenters. The Morgan fingerprint density at radius 3 is 2.57 bits per heavy atom. The Kier molecular flexibility index (Phi) is 16.2. The lowest BCUT2D eigenvalue weighted by atomic mass is 10.2. The first-order chi connectivity index (χ1) is 13.1. The van der Waals surface area contributed by atoms with E-state index in [4.69, 9.17) is 0 Å². The molecule has 0 aliphatic rings. The number of nitrogens with zero attached hydrogens (tertiary/aromatic N) is 3. The molecule has 0 amide bonds. The summed E-state index contributed by atoms with van der Waals surface area (Å²) in [5, 5.41) is 6.84. The van der Waals surface area contributed by atoms with Gasteiger partial charge < -0.3 is 20.1 Å². The molecule has 1 aromatic heterocycles. The van der Waals surface area contributed by atoms with Crippen molar-refractivity contribution in [3.8, 4) is 0 Å². The third-order valence-electron chi connectivity index (χ3n) is 4.71. The quantitative estimate of drug-likeness (QED) is 0.187. The van der Waals surface area contributed by atoms with Crippen LogP contribution in [-0.2, 0) is 6.54 Å². The number of unbranched alkanes of at least 4 members (excludes halogenated alkanes) is 1. The summed E-state index contributed by atoms with van der Waals surface area (Å²) in [5.74, 6) is 0.893. The number of guanidine groups is 1. The molecule has 0 aliphatic carbocycles. The number of rotatable bonds is 13. The fraction of sp³-hybridized carbons (Fsp3) is 0.714. The topological polar surface area (TPSA) is 61.7 Å². The molecule has 1 rings (SSSR count). The normalized spacial score (nSPS) is 12.5. The second kappa shape index (κ2) is 16.8. The van der Waals surface area contributed by atoms with Crippen LogP contribution >= 0.6 is 24.0 Å². The summed E-state index contributed by atoms with van der Waals surface area (Å²) in [6.07, 6.45) is 6.09. The van der Waals surface area contributed by atoms with E-state index in [0.29, 0.717) is 6.04 Å². The zero-order chi connectivity index (χ0) is 19.9. The zero-order valence-electron chi connectivity index (χ0n) is 18.1. The first-order valence-corrected chi connectivity index (χ1v) is 10.5. The minimum absolute atomic E-state index is 0. The number of hydrogen-bond donors (Lipinski definition) is 2. The fourth-order valence-corrected chi connectivity index (χ4v) is 3.02. The number of hydrogen-bond acceptors (Lipinski definition) is 3. The van der Waals surface area contributed by atoms with Crippen LogP contribution in [0.5, 0.6) is 0 Å². The molecule has 0 aliphatic heterocycles. The summed E-state index contributed by atoms with van der Waals surface area (Å²) >= 11 is 0. The van der Waals surface area contributed by atoms with Crippen molar-refractivity contribution in [1.29, 1.82) is 0 Å². The van der Waals surface area contributed by atoms with E-state index in [0.717, 1.165) is 64.5 Å². The van der Waals surface area contributed by atoms with Crippen molar-refractivity contribution in [2.75, 3.05) is 32.7 Å². The monoisotopic (exact) mass is 505 g/mol. The van der Waals surface area contributed by atoms with Crippen molar-refractivity contribution >= 4 is 29.9 Å². The molecule has 0 bridgehead atoms. The number of aryl methyl sites for hydroxylation is 1. The minimum atomic E-state index is 0. The Labute approximate surface area is 188 Å². The van der Waals surface area contributed by atoms with Crippen LogP contribution in [0.25, 0.3) is 0 Å². The lowest BCUT2D eigenvalue weighted by molar-refractivity contribution is 0.292. The molecule has 0 spiro atoms. The number of aliphatic imine (C=N–C) groups is 1. The molecule has 0 fully saturated rings. The lowest BCUT2D eigenvalue weighted by Gasteiger charge is -2.21. The average molecular weight is 505 g/mol. The molecule has 28 heavy (non-hydrogen) atoms. The number of halogens is 1. The maximum atomic E-state index is 11.7. The Morgan fingerprint density at radius 2 is 1.93 bits per heavy atom. The summed E-state index contributed by atoms with van der Waals surface area (Å²) in [6.45, 7) is 14.5. The van der Waals surface area contributed by atoms with Crippen LogP contribution in [0.3, 0.4) is 0 Å². The number of nitrogens with one attached hydrogen (secondary N) is 2. The van der Waals surface area contributed by atoms with E-state index < -0.39 is 0 Å². The highest BCUT2D eigenvalue weighted by molar-refractivity contribution is 14.0. The van der Waals surface area contributed by atoms with E-state index in [-0.39, 0.29) is 29.5 Å². The van der Waals surface area contributed by atoms with E-state index in [1.807, 2.05) is 12.3 Å². The van der Waals surface area contributed by atoms with Crippen LogP contribution in [-0.4, -0.2) is 54.2 Å². The van der Waals surface area contributed by atoms with Gasteiger partial charge in [0.15, 0.2) is 5.96 Å². The standard InChI is InChI=1S/C21H39N5O.HI/c1-5-22-21(24-19(4)13-12-16-25(6-2)7-3)23-15-9-11-18-26-17-10-8-14-20(26)27;/h8,10,14,17,19H,5-7,9,11-13,15-16,18H2,1-4H3,(H2,22,23,24);1H. The van der Waals surface area contributed by atoms with Gasteiger partial charge in [-0.05, 0) is 65.2 Å². The van der Waals surface area contributed by atoms with Crippen LogP contribution < -0.4 is 16.2 Å². The van der Waals surface area contributed by atoms with Gasteiger partial charge in [0.25, 0.3) is 0 Å². The Morgan fingerprint density at radius 1 is 1.18 bits per heavy atom. The first kappa shape index (κ1) is 26.9. The van der Waals surface area contributed by atoms with Crippen molar-refractivity contribution in [3.05, 3.63) is 34.7 Å². The van der Waals surface area contributed by atoms with Crippen molar-refractivity contribution in [2.45, 2.75) is 66.0 Å². The number of pyridine rings is 1. The SMILES string of the molecule is CCNC(=NCCCCn1ccccc1=O)NC(C)CCCN(CC)CC.I. The molecular weight excluding hydrogens is 465 g/mol. The fourth-order valence-electron chi connectivity index (χ4n) is 3.02. The summed E-state index contributed by atoms with van der Waals surface area (Å²) in [5.41, 5.74) is 0.0644. The van der Waals surface area contributed by atoms with E-state index >= 15 is 0 Å². The summed E-state index contributed by atoms with van der Waals surface area (Å²) in [7, 11) is 0. The van der Waals surface area contributed by atoms with Gasteiger partial charge in [-0.2, -0.15) is 0 Å². The minimum Gasteiger partial charge on any atom is -0.357 e. The van der Waals surface area contributed by atoms with Crippen molar-refractivity contribution in [1.82, 2.24) is 20.1 Å². The largest absolute Gasteiger partial charge is 0.357 e. The van der Waals surface area contributed by atoms with Crippen LogP contribution in [0.1, 0.15) is 53.4 Å². The predicted octanol–water partition coefficient (Wildman–Crippen LogP) is 3.31. The molecule has 2 N–H and O–H groups in total. The van der Waals surface area contributed by atoms with Gasteiger partial charge in [0, 0.05) is 37.9 Å². The molecule has 162 valence electrons. The maximum absolute atomic E-state index is 11.7. The molecule has 6 nitrogen and oxygen atoms in total. The molecule has 1 heterocycles. The van der Waals surface area contributed by atoms with Gasteiger partial charge in [0.2, 0.25) is 5.56 Å². The second-order valence-electron chi connectivity index (χ2n) is 6.91. The van der Waals surface area contributed by atoms with Gasteiger partial charge in [0.1, 0.15) is 0 Å². The van der Waals surface area contributed by atoms with Gasteiger partial charge in [-0.3, -0.25) is 9.79 Å². The Balaban J connectivity index is 0.00000729. The highest BCUT2D eigenvalue weighted by Gasteiger charge is 2.06. The van der Waals surface area contributed by atoms with Crippen molar-refractivity contribution < 1.29 is 0 Å². The molecule has 0 saturated carbocycles. The lowest BCUT2D eigenvalue weighted by Crippen LogP contribution is -2.42. The smallest absolute Gasteiger partial charge is 0.250 e. The van der Waals surface area contributed by atoms with Crippen molar-refractivity contribution in [3.63, 3.8) is 0 Å². The highest BCUT2D eigenvalue weighted by atomic mass is 127. The number of aromatic nitrogens is 1. The summed E-state index contributed by atoms with van der Waals surface area (Å²) in [6, 6.07) is 5.68. The molecule has 0 saturated heterocycles. The predicted molar refractivity (Wildman–Crippen MR) is 131 cm³/mol. The molecule has 0 radical (unpaired) electrons. The van der Waals surface area contributed by atoms with E-state index in [1.165, 1.54) is 6.42 Å². The third-order valence-corrected chi connectivity index (χ3v) is 4.71. The molecule has 0 aromatic carbocycles. The average Bonchev–Trinajstić information content (AvgIpc) is 2.66. The van der Waals surface area contributed by atoms with Gasteiger partial charge >= 0.3 is 0 Å². The Bertz CT molecular complexity index is 586. The van der Waals surface area contributed by atoms with E-state index in [9.17, 15) is 4.79 Å². The Hall–Kier alpha value is -1.09. The molecule has 1 aromatic rings. The highest BCUT2D eigenvalue weighted by Crippen LogP contribution is 2.00. The third kappa shape index (κ3) is 11.7. The maximum Gasteiger partial charge on any atom is 0.250 e. The first-order valence-electron chi connectivity index (χ1n) is 10.5. The molecular formula is C21H40IN5O. The summed E-state index contributed by atoms with van der Waals surface area (Å²) < 4.78 is 1.76. The summed E-state index contributed by atoms with van der Waals surface area (Å²) in [4.78, 5) is 18.8. The van der Waals surface area contributed by atoms with Crippen LogP contribution in [0, 0.1) is 0 Å². The van der Waals surface area contributed by atoms with Crippen LogP contribution in [0.15, 0.2) is 34.2 Å². The molecule has 7 heteroatoms. The van der Waals surface area contributed by atoms with Gasteiger partial charge in [-0.25, -0.2) is 0 Å². The van der Waals surface area contributed by atoms with Crippen molar-refractivity contribution in [2.24, 2.45) is 4.99 Å². The molecule has 1 atom stereocenters.